The molecule has 0 N–H and O–H groups in total. The van der Waals surface area contributed by atoms with Crippen molar-refractivity contribution in [1.82, 2.24) is 4.98 Å². The Balaban J connectivity index is 1.38. The molecule has 0 bridgehead atoms. The first-order valence-corrected chi connectivity index (χ1v) is 13.7. The molecule has 0 atom stereocenters. The lowest BCUT2D eigenvalue weighted by Crippen LogP contribution is -1.92. The lowest BCUT2D eigenvalue weighted by Gasteiger charge is -2.18. The Hall–Kier alpha value is -5.27. The van der Waals surface area contributed by atoms with Gasteiger partial charge in [0.2, 0.25) is 0 Å². The van der Waals surface area contributed by atoms with Gasteiger partial charge in [-0.25, -0.2) is 0 Å². The third-order valence-corrected chi connectivity index (χ3v) is 8.10. The zero-order valence-corrected chi connectivity index (χ0v) is 21.9. The highest BCUT2D eigenvalue weighted by Gasteiger charge is 2.17. The summed E-state index contributed by atoms with van der Waals surface area (Å²) in [5.41, 5.74) is 7.40. The van der Waals surface area contributed by atoms with E-state index in [9.17, 15) is 0 Å². The normalized spacial score (nSPS) is 11.5. The summed E-state index contributed by atoms with van der Waals surface area (Å²) < 4.78 is 0. The van der Waals surface area contributed by atoms with E-state index in [1.54, 1.807) is 0 Å². The van der Waals surface area contributed by atoms with E-state index in [0.29, 0.717) is 0 Å². The van der Waals surface area contributed by atoms with Crippen molar-refractivity contribution >= 4 is 43.1 Å². The number of rotatable bonds is 3. The summed E-state index contributed by atoms with van der Waals surface area (Å²) in [6.07, 6.45) is 3.95. The Kier molecular flexibility index (Phi) is 5.21. The maximum Gasteiger partial charge on any atom is 0.0353 e. The maximum atomic E-state index is 4.60. The predicted octanol–water partition coefficient (Wildman–Crippen LogP) is 10.7. The Morgan fingerprint density at radius 2 is 0.825 bits per heavy atom. The predicted molar refractivity (Wildman–Crippen MR) is 171 cm³/mol. The average Bonchev–Trinajstić information content (AvgIpc) is 3.03. The fourth-order valence-electron chi connectivity index (χ4n) is 6.20. The molecule has 0 saturated carbocycles. The fourth-order valence-corrected chi connectivity index (χ4v) is 6.20. The topological polar surface area (TPSA) is 12.9 Å². The first-order valence-electron chi connectivity index (χ1n) is 13.7. The van der Waals surface area contributed by atoms with Gasteiger partial charge in [0.1, 0.15) is 0 Å². The second-order valence-electron chi connectivity index (χ2n) is 10.4. The van der Waals surface area contributed by atoms with Gasteiger partial charge in [-0.3, -0.25) is 4.98 Å². The summed E-state index contributed by atoms with van der Waals surface area (Å²) in [6.45, 7) is 0. The number of aromatic nitrogens is 1. The summed E-state index contributed by atoms with van der Waals surface area (Å²) in [7, 11) is 0. The van der Waals surface area contributed by atoms with Crippen LogP contribution < -0.4 is 0 Å². The largest absolute Gasteiger partial charge is 0.264 e. The van der Waals surface area contributed by atoms with Gasteiger partial charge in [0.05, 0.1) is 0 Å². The van der Waals surface area contributed by atoms with Gasteiger partial charge >= 0.3 is 0 Å². The zero-order chi connectivity index (χ0) is 26.5. The van der Waals surface area contributed by atoms with Crippen LogP contribution in [0.1, 0.15) is 0 Å². The molecule has 0 unspecified atom stereocenters. The molecule has 0 spiro atoms. The minimum Gasteiger partial charge on any atom is -0.264 e. The van der Waals surface area contributed by atoms with E-state index in [1.165, 1.54) is 76.5 Å². The van der Waals surface area contributed by atoms with E-state index < -0.39 is 0 Å². The molecule has 7 aromatic carbocycles. The van der Waals surface area contributed by atoms with E-state index in [2.05, 4.69) is 145 Å². The van der Waals surface area contributed by atoms with Crippen LogP contribution in [-0.4, -0.2) is 4.98 Å². The van der Waals surface area contributed by atoms with E-state index >= 15 is 0 Å². The third kappa shape index (κ3) is 3.67. The molecule has 0 aliphatic carbocycles. The van der Waals surface area contributed by atoms with Crippen molar-refractivity contribution in [1.29, 1.82) is 0 Å². The first kappa shape index (κ1) is 22.7. The SMILES string of the molecule is c1ccc(-c2ccc3cc(-c4c5ccccc5c(-c5ccc6ccccc6c5)c5ccncc45)ccc3c2)cc1. The van der Waals surface area contributed by atoms with Gasteiger partial charge in [0.25, 0.3) is 0 Å². The van der Waals surface area contributed by atoms with E-state index in [4.69, 9.17) is 0 Å². The van der Waals surface area contributed by atoms with Gasteiger partial charge in [-0.2, -0.15) is 0 Å². The highest BCUT2D eigenvalue weighted by atomic mass is 14.6. The second kappa shape index (κ2) is 9.18. The summed E-state index contributed by atoms with van der Waals surface area (Å²) in [5, 5.41) is 9.87. The van der Waals surface area contributed by atoms with Gasteiger partial charge in [-0.15, -0.1) is 0 Å². The smallest absolute Gasteiger partial charge is 0.0353 e. The number of fused-ring (bicyclic) bond motifs is 4. The standard InChI is InChI=1S/C39H25N/c1-2-8-26(9-3-1)29-15-16-31-24-33(19-17-30(31)22-29)39-35-13-7-6-12-34(35)38(36-20-21-40-25-37(36)39)32-18-14-27-10-4-5-11-28(27)23-32/h1-25H. The van der Waals surface area contributed by atoms with Crippen molar-refractivity contribution in [3.63, 3.8) is 0 Å². The Bertz CT molecular complexity index is 2150. The summed E-state index contributed by atoms with van der Waals surface area (Å²) in [5.74, 6) is 0. The number of pyridine rings is 1. The van der Waals surface area contributed by atoms with Crippen LogP contribution in [0.2, 0.25) is 0 Å². The van der Waals surface area contributed by atoms with Crippen molar-refractivity contribution in [3.05, 3.63) is 152 Å². The fraction of sp³-hybridized carbons (Fsp3) is 0. The van der Waals surface area contributed by atoms with Gasteiger partial charge in [-0.1, -0.05) is 115 Å². The van der Waals surface area contributed by atoms with Crippen molar-refractivity contribution in [2.24, 2.45) is 0 Å². The molecular formula is C39H25N. The second-order valence-corrected chi connectivity index (χ2v) is 10.4. The minimum atomic E-state index is 1.17. The number of nitrogens with zero attached hydrogens (tertiary/aromatic N) is 1. The molecule has 40 heavy (non-hydrogen) atoms. The number of benzene rings is 7. The molecule has 186 valence electrons. The van der Waals surface area contributed by atoms with Gasteiger partial charge in [0, 0.05) is 17.8 Å². The van der Waals surface area contributed by atoms with Gasteiger partial charge in [-0.05, 0) is 95.3 Å². The van der Waals surface area contributed by atoms with E-state index in [0.717, 1.165) is 0 Å². The molecule has 8 aromatic rings. The van der Waals surface area contributed by atoms with E-state index in [-0.39, 0.29) is 0 Å². The van der Waals surface area contributed by atoms with Crippen molar-refractivity contribution in [2.75, 3.05) is 0 Å². The van der Waals surface area contributed by atoms with Crippen LogP contribution >= 0.6 is 0 Å². The van der Waals surface area contributed by atoms with Crippen molar-refractivity contribution < 1.29 is 0 Å². The van der Waals surface area contributed by atoms with Crippen LogP contribution in [0.25, 0.3) is 76.5 Å². The highest BCUT2D eigenvalue weighted by Crippen LogP contribution is 2.44. The van der Waals surface area contributed by atoms with Gasteiger partial charge < -0.3 is 0 Å². The molecule has 1 nitrogen and oxygen atoms in total. The Labute approximate surface area is 233 Å². The van der Waals surface area contributed by atoms with Crippen LogP contribution in [0.4, 0.5) is 0 Å². The van der Waals surface area contributed by atoms with Crippen LogP contribution in [-0.2, 0) is 0 Å². The Morgan fingerprint density at radius 1 is 0.325 bits per heavy atom. The molecule has 0 fully saturated rings. The molecule has 1 heterocycles. The van der Waals surface area contributed by atoms with Crippen LogP contribution in [0, 0.1) is 0 Å². The summed E-state index contributed by atoms with van der Waals surface area (Å²) in [6, 6.07) is 50.5. The molecule has 1 aromatic heterocycles. The van der Waals surface area contributed by atoms with Crippen LogP contribution in [0.5, 0.6) is 0 Å². The zero-order valence-electron chi connectivity index (χ0n) is 21.9. The van der Waals surface area contributed by atoms with Crippen molar-refractivity contribution in [3.8, 4) is 33.4 Å². The quantitative estimate of drug-likeness (QED) is 0.217. The average molecular weight is 508 g/mol. The molecular weight excluding hydrogens is 482 g/mol. The molecule has 1 heteroatoms. The lowest BCUT2D eigenvalue weighted by molar-refractivity contribution is 1.37. The molecule has 8 rings (SSSR count). The molecule has 0 radical (unpaired) electrons. The minimum absolute atomic E-state index is 1.17. The third-order valence-electron chi connectivity index (χ3n) is 8.10. The van der Waals surface area contributed by atoms with Gasteiger partial charge in [0.15, 0.2) is 0 Å². The highest BCUT2D eigenvalue weighted by molar-refractivity contribution is 6.21. The molecule has 0 aliphatic rings. The molecule has 0 aliphatic heterocycles. The molecule has 0 amide bonds. The molecule has 0 saturated heterocycles. The maximum absolute atomic E-state index is 4.60. The van der Waals surface area contributed by atoms with Crippen LogP contribution in [0.15, 0.2) is 152 Å². The van der Waals surface area contributed by atoms with E-state index in [1.807, 2.05) is 12.4 Å². The Morgan fingerprint density at radius 3 is 1.55 bits per heavy atom. The number of hydrogen-bond donors (Lipinski definition) is 0. The summed E-state index contributed by atoms with van der Waals surface area (Å²) in [4.78, 5) is 4.60. The lowest BCUT2D eigenvalue weighted by atomic mass is 9.86. The van der Waals surface area contributed by atoms with Crippen LogP contribution in [0.3, 0.4) is 0 Å². The summed E-state index contributed by atoms with van der Waals surface area (Å²) >= 11 is 0. The number of hydrogen-bond acceptors (Lipinski definition) is 1. The van der Waals surface area contributed by atoms with Crippen molar-refractivity contribution in [2.45, 2.75) is 0 Å². The first-order chi connectivity index (χ1) is 19.8. The monoisotopic (exact) mass is 507 g/mol.